The Morgan fingerprint density at radius 2 is 1.57 bits per heavy atom. The van der Waals surface area contributed by atoms with Gasteiger partial charge in [-0.15, -0.1) is 5.10 Å². The fourth-order valence-electron chi connectivity index (χ4n) is 1.36. The molecule has 0 aromatic carbocycles. The Kier molecular flexibility index (Phi) is 9.81. The van der Waals surface area contributed by atoms with Crippen LogP contribution in [0.5, 0.6) is 0 Å². The van der Waals surface area contributed by atoms with E-state index in [9.17, 15) is 14.7 Å². The van der Waals surface area contributed by atoms with Crippen LogP contribution in [0.3, 0.4) is 0 Å². The Labute approximate surface area is 134 Å². The van der Waals surface area contributed by atoms with Crippen molar-refractivity contribution in [1.82, 2.24) is 0 Å². The molecule has 0 bridgehead atoms. The summed E-state index contributed by atoms with van der Waals surface area (Å²) in [5.41, 5.74) is 5.54. The monoisotopic (exact) mass is 329 g/mol. The molecule has 0 aromatic rings. The van der Waals surface area contributed by atoms with Crippen LogP contribution in [0.1, 0.15) is 34.1 Å². The maximum Gasteiger partial charge on any atom is 0.349 e. The van der Waals surface area contributed by atoms with E-state index in [2.05, 4.69) is 10.2 Å². The molecule has 130 valence electrons. The van der Waals surface area contributed by atoms with Crippen LogP contribution < -0.4 is 5.73 Å². The molecule has 0 rings (SSSR count). The predicted octanol–water partition coefficient (Wildman–Crippen LogP) is 1.04. The largest absolute Gasteiger partial charge is 0.480 e. The van der Waals surface area contributed by atoms with Gasteiger partial charge in [0.15, 0.2) is 11.4 Å². The third kappa shape index (κ3) is 7.84. The minimum absolute atomic E-state index is 0.0689. The molecule has 0 saturated carbocycles. The van der Waals surface area contributed by atoms with Gasteiger partial charge < -0.3 is 25.1 Å². The van der Waals surface area contributed by atoms with Crippen LogP contribution in [0.2, 0.25) is 0 Å². The van der Waals surface area contributed by atoms with E-state index < -0.39 is 29.3 Å². The van der Waals surface area contributed by atoms with E-state index in [1.165, 1.54) is 0 Å². The van der Waals surface area contributed by atoms with Gasteiger partial charge in [-0.3, -0.25) is 4.79 Å². The summed E-state index contributed by atoms with van der Waals surface area (Å²) in [6.45, 7) is 6.91. The summed E-state index contributed by atoms with van der Waals surface area (Å²) >= 11 is 0. The van der Waals surface area contributed by atoms with Gasteiger partial charge in [0.25, 0.3) is 5.95 Å². The van der Waals surface area contributed by atoms with Gasteiger partial charge in [-0.25, -0.2) is 4.79 Å². The van der Waals surface area contributed by atoms with Gasteiger partial charge in [0.1, 0.15) is 0 Å². The molecule has 0 amide bonds. The Bertz CT molecular complexity index is 511. The van der Waals surface area contributed by atoms with Gasteiger partial charge in [-0.2, -0.15) is 5.10 Å². The normalized spacial score (nSPS) is 13.2. The molecule has 0 unspecified atom stereocenters. The highest BCUT2D eigenvalue weighted by molar-refractivity contribution is 6.18. The summed E-state index contributed by atoms with van der Waals surface area (Å²) in [7, 11) is 0. The van der Waals surface area contributed by atoms with Crippen LogP contribution in [-0.4, -0.2) is 48.4 Å². The molecule has 0 atom stereocenters. The van der Waals surface area contributed by atoms with Gasteiger partial charge >= 0.3 is 11.9 Å². The highest BCUT2D eigenvalue weighted by Crippen LogP contribution is 2.07. The molecule has 0 aliphatic rings. The maximum atomic E-state index is 11.8. The SMILES string of the molecule is CCOC(=O)CC(C)=N/N=C(N)/C(C(=O)OCC)=C(\O)OCC. The van der Waals surface area contributed by atoms with Crippen molar-refractivity contribution in [2.45, 2.75) is 34.1 Å². The number of nitrogens with zero attached hydrogens (tertiary/aromatic N) is 2. The van der Waals surface area contributed by atoms with Crippen molar-refractivity contribution in [2.75, 3.05) is 19.8 Å². The highest BCUT2D eigenvalue weighted by atomic mass is 16.6. The summed E-state index contributed by atoms with van der Waals surface area (Å²) in [5.74, 6) is -2.44. The maximum absolute atomic E-state index is 11.8. The highest BCUT2D eigenvalue weighted by Gasteiger charge is 2.22. The number of esters is 2. The molecule has 0 heterocycles. The van der Waals surface area contributed by atoms with E-state index in [-0.39, 0.29) is 26.2 Å². The van der Waals surface area contributed by atoms with E-state index >= 15 is 0 Å². The van der Waals surface area contributed by atoms with Crippen molar-refractivity contribution >= 4 is 23.5 Å². The molecule has 23 heavy (non-hydrogen) atoms. The zero-order chi connectivity index (χ0) is 17.8. The van der Waals surface area contributed by atoms with Gasteiger partial charge in [0.2, 0.25) is 0 Å². The number of amidine groups is 1. The number of aliphatic hydroxyl groups is 1. The fourth-order valence-corrected chi connectivity index (χ4v) is 1.36. The summed E-state index contributed by atoms with van der Waals surface area (Å²) in [5, 5.41) is 17.1. The smallest absolute Gasteiger partial charge is 0.349 e. The van der Waals surface area contributed by atoms with Crippen molar-refractivity contribution in [1.29, 1.82) is 0 Å². The Morgan fingerprint density at radius 1 is 1.00 bits per heavy atom. The lowest BCUT2D eigenvalue weighted by atomic mass is 10.2. The third-order valence-electron chi connectivity index (χ3n) is 2.26. The first-order valence-corrected chi connectivity index (χ1v) is 7.12. The van der Waals surface area contributed by atoms with E-state index in [1.807, 2.05) is 0 Å². The molecular weight excluding hydrogens is 306 g/mol. The molecule has 9 heteroatoms. The second-order valence-electron chi connectivity index (χ2n) is 4.14. The van der Waals surface area contributed by atoms with E-state index in [0.717, 1.165) is 0 Å². The number of hydrogen-bond donors (Lipinski definition) is 2. The summed E-state index contributed by atoms with van der Waals surface area (Å²) < 4.78 is 14.4. The molecule has 0 aliphatic heterocycles. The van der Waals surface area contributed by atoms with E-state index in [0.29, 0.717) is 5.71 Å². The van der Waals surface area contributed by atoms with E-state index in [4.69, 9.17) is 19.9 Å². The van der Waals surface area contributed by atoms with Gasteiger partial charge in [0.05, 0.1) is 26.2 Å². The lowest BCUT2D eigenvalue weighted by Crippen LogP contribution is -2.25. The second kappa shape index (κ2) is 11.0. The minimum atomic E-state index is -0.891. The zero-order valence-electron chi connectivity index (χ0n) is 13.8. The lowest BCUT2D eigenvalue weighted by Gasteiger charge is -2.08. The fraction of sp³-hybridized carbons (Fsp3) is 0.571. The lowest BCUT2D eigenvalue weighted by molar-refractivity contribution is -0.141. The van der Waals surface area contributed by atoms with Crippen LogP contribution in [0, 0.1) is 0 Å². The Morgan fingerprint density at radius 3 is 2.09 bits per heavy atom. The number of nitrogens with two attached hydrogens (primary N) is 1. The van der Waals surface area contributed by atoms with Gasteiger partial charge in [-0.05, 0) is 27.7 Å². The summed E-state index contributed by atoms with van der Waals surface area (Å²) in [6, 6.07) is 0. The molecule has 0 aliphatic carbocycles. The van der Waals surface area contributed by atoms with Crippen molar-refractivity contribution in [3.63, 3.8) is 0 Å². The van der Waals surface area contributed by atoms with Gasteiger partial charge in [0, 0.05) is 5.71 Å². The van der Waals surface area contributed by atoms with E-state index in [1.54, 1.807) is 27.7 Å². The van der Waals surface area contributed by atoms with Gasteiger partial charge in [-0.1, -0.05) is 0 Å². The molecule has 0 fully saturated rings. The zero-order valence-corrected chi connectivity index (χ0v) is 13.8. The van der Waals surface area contributed by atoms with Crippen molar-refractivity contribution in [2.24, 2.45) is 15.9 Å². The average Bonchev–Trinajstić information content (AvgIpc) is 2.46. The first kappa shape index (κ1) is 20.4. The first-order chi connectivity index (χ1) is 10.9. The molecule has 0 radical (unpaired) electrons. The van der Waals surface area contributed by atoms with Crippen LogP contribution in [-0.2, 0) is 23.8 Å². The van der Waals surface area contributed by atoms with Crippen molar-refractivity contribution in [3.05, 3.63) is 11.5 Å². The van der Waals surface area contributed by atoms with Crippen LogP contribution in [0.25, 0.3) is 0 Å². The average molecular weight is 329 g/mol. The number of rotatable bonds is 9. The predicted molar refractivity (Wildman–Crippen MR) is 83.9 cm³/mol. The quantitative estimate of drug-likeness (QED) is 0.161. The number of carbonyl (C=O) groups is 2. The first-order valence-electron chi connectivity index (χ1n) is 7.12. The van der Waals surface area contributed by atoms with Crippen LogP contribution >= 0.6 is 0 Å². The molecule has 9 nitrogen and oxygen atoms in total. The minimum Gasteiger partial charge on any atom is -0.480 e. The standard InChI is InChI=1S/C14H23N3O6/c1-5-21-10(18)8-9(4)16-17-12(15)11(13(19)22-6-2)14(20)23-7-3/h19H,5-8H2,1-4H3,(H2,15,17)/b13-11-,16-9?. The van der Waals surface area contributed by atoms with Crippen LogP contribution in [0.4, 0.5) is 0 Å². The molecular formula is C14H23N3O6. The number of aliphatic hydroxyl groups excluding tert-OH is 1. The Hall–Kier alpha value is -2.58. The van der Waals surface area contributed by atoms with Crippen molar-refractivity contribution in [3.8, 4) is 0 Å². The second-order valence-corrected chi connectivity index (χ2v) is 4.14. The molecule has 0 aromatic heterocycles. The third-order valence-corrected chi connectivity index (χ3v) is 2.26. The van der Waals surface area contributed by atoms with Crippen molar-refractivity contribution < 1.29 is 28.9 Å². The topological polar surface area (TPSA) is 133 Å². The Balaban J connectivity index is 5.28. The molecule has 0 spiro atoms. The number of carbonyl (C=O) groups excluding carboxylic acids is 2. The molecule has 0 saturated heterocycles. The number of hydrogen-bond acceptors (Lipinski definition) is 8. The van der Waals surface area contributed by atoms with Crippen LogP contribution in [0.15, 0.2) is 21.7 Å². The number of ether oxygens (including phenoxy) is 3. The summed E-state index contributed by atoms with van der Waals surface area (Å²) in [6.07, 6.45) is -0.0689. The summed E-state index contributed by atoms with van der Waals surface area (Å²) in [4.78, 5) is 23.1. The molecule has 3 N–H and O–H groups in total.